The van der Waals surface area contributed by atoms with Crippen molar-refractivity contribution in [2.24, 2.45) is 0 Å². The van der Waals surface area contributed by atoms with Crippen molar-refractivity contribution in [2.75, 3.05) is 18.1 Å². The van der Waals surface area contributed by atoms with Gasteiger partial charge in [-0.1, -0.05) is 12.1 Å². The highest BCUT2D eigenvalue weighted by Crippen LogP contribution is 2.20. The average Bonchev–Trinajstić information content (AvgIpc) is 2.71. The largest absolute Gasteiger partial charge is 0.399 e. The summed E-state index contributed by atoms with van der Waals surface area (Å²) >= 11 is 1.93. The van der Waals surface area contributed by atoms with Gasteiger partial charge in [0.25, 0.3) is 0 Å². The van der Waals surface area contributed by atoms with E-state index in [0.29, 0.717) is 6.10 Å². The highest BCUT2D eigenvalue weighted by molar-refractivity contribution is 7.98. The molecule has 1 aliphatic heterocycles. The van der Waals surface area contributed by atoms with Crippen LogP contribution in [0, 0.1) is 0 Å². The van der Waals surface area contributed by atoms with Crippen LogP contribution in [0.3, 0.4) is 0 Å². The second-order valence-corrected chi connectivity index (χ2v) is 4.93. The minimum Gasteiger partial charge on any atom is -0.399 e. The molecule has 82 valence electrons. The monoisotopic (exact) mass is 223 g/mol. The first kappa shape index (κ1) is 10.8. The van der Waals surface area contributed by atoms with Gasteiger partial charge in [0.1, 0.15) is 0 Å². The van der Waals surface area contributed by atoms with Crippen LogP contribution in [0.2, 0.25) is 0 Å². The summed E-state index contributed by atoms with van der Waals surface area (Å²) in [6.45, 7) is 0.948. The quantitative estimate of drug-likeness (QED) is 0.797. The Hall–Kier alpha value is -0.670. The molecule has 1 aromatic rings. The lowest BCUT2D eigenvalue weighted by atomic mass is 10.2. The van der Waals surface area contributed by atoms with E-state index in [2.05, 4.69) is 6.07 Å². The number of hydrogen-bond acceptors (Lipinski definition) is 3. The molecule has 0 saturated carbocycles. The van der Waals surface area contributed by atoms with Gasteiger partial charge in [0, 0.05) is 23.8 Å². The Balaban J connectivity index is 1.73. The SMILES string of the molecule is Nc1cccc(CSCC2CCCO2)c1. The highest BCUT2D eigenvalue weighted by atomic mass is 32.2. The van der Waals surface area contributed by atoms with E-state index in [1.54, 1.807) is 0 Å². The highest BCUT2D eigenvalue weighted by Gasteiger charge is 2.14. The Morgan fingerprint density at radius 3 is 3.13 bits per heavy atom. The third kappa shape index (κ3) is 3.43. The molecule has 0 spiro atoms. The summed E-state index contributed by atoms with van der Waals surface area (Å²) in [5.74, 6) is 2.14. The lowest BCUT2D eigenvalue weighted by Crippen LogP contribution is -2.07. The summed E-state index contributed by atoms with van der Waals surface area (Å²) in [6.07, 6.45) is 2.93. The fraction of sp³-hybridized carbons (Fsp3) is 0.500. The molecular weight excluding hydrogens is 206 g/mol. The van der Waals surface area contributed by atoms with Gasteiger partial charge < -0.3 is 10.5 Å². The van der Waals surface area contributed by atoms with Crippen LogP contribution in [0.25, 0.3) is 0 Å². The van der Waals surface area contributed by atoms with Gasteiger partial charge in [0.2, 0.25) is 0 Å². The molecule has 0 amide bonds. The third-order valence-corrected chi connectivity index (χ3v) is 3.69. The molecular formula is C12H17NOS. The molecule has 3 heteroatoms. The first-order valence-electron chi connectivity index (χ1n) is 5.38. The van der Waals surface area contributed by atoms with Gasteiger partial charge in [-0.2, -0.15) is 11.8 Å². The van der Waals surface area contributed by atoms with E-state index in [9.17, 15) is 0 Å². The maximum absolute atomic E-state index is 5.72. The van der Waals surface area contributed by atoms with Gasteiger partial charge in [-0.15, -0.1) is 0 Å². The van der Waals surface area contributed by atoms with Gasteiger partial charge in [-0.3, -0.25) is 0 Å². The fourth-order valence-electron chi connectivity index (χ4n) is 1.77. The van der Waals surface area contributed by atoms with Gasteiger partial charge in [-0.25, -0.2) is 0 Å². The zero-order chi connectivity index (χ0) is 10.5. The van der Waals surface area contributed by atoms with Crippen LogP contribution >= 0.6 is 11.8 Å². The normalized spacial score (nSPS) is 20.7. The van der Waals surface area contributed by atoms with Crippen LogP contribution in [0.1, 0.15) is 18.4 Å². The summed E-state index contributed by atoms with van der Waals surface area (Å²) in [4.78, 5) is 0. The van der Waals surface area contributed by atoms with E-state index in [1.165, 1.54) is 18.4 Å². The van der Waals surface area contributed by atoms with Crippen LogP contribution in [0.4, 0.5) is 5.69 Å². The van der Waals surface area contributed by atoms with Crippen molar-refractivity contribution < 1.29 is 4.74 Å². The molecule has 2 rings (SSSR count). The van der Waals surface area contributed by atoms with E-state index in [0.717, 1.165) is 23.8 Å². The van der Waals surface area contributed by atoms with Crippen molar-refractivity contribution in [3.05, 3.63) is 29.8 Å². The first-order chi connectivity index (χ1) is 7.34. The molecule has 1 aromatic carbocycles. The van der Waals surface area contributed by atoms with Gasteiger partial charge in [0.15, 0.2) is 0 Å². The summed E-state index contributed by atoms with van der Waals surface area (Å²) < 4.78 is 5.57. The van der Waals surface area contributed by atoms with Crippen LogP contribution < -0.4 is 5.73 Å². The Bertz CT molecular complexity index is 310. The molecule has 0 radical (unpaired) electrons. The zero-order valence-electron chi connectivity index (χ0n) is 8.82. The number of rotatable bonds is 4. The van der Waals surface area contributed by atoms with Crippen molar-refractivity contribution in [1.29, 1.82) is 0 Å². The number of benzene rings is 1. The average molecular weight is 223 g/mol. The second kappa shape index (κ2) is 5.42. The van der Waals surface area contributed by atoms with Gasteiger partial charge >= 0.3 is 0 Å². The predicted molar refractivity (Wildman–Crippen MR) is 66.0 cm³/mol. The molecule has 15 heavy (non-hydrogen) atoms. The zero-order valence-corrected chi connectivity index (χ0v) is 9.63. The second-order valence-electron chi connectivity index (χ2n) is 3.90. The lowest BCUT2D eigenvalue weighted by Gasteiger charge is -2.08. The van der Waals surface area contributed by atoms with E-state index in [1.807, 2.05) is 30.0 Å². The van der Waals surface area contributed by atoms with Crippen LogP contribution in [-0.4, -0.2) is 18.5 Å². The number of thioether (sulfide) groups is 1. The number of nitrogens with two attached hydrogens (primary N) is 1. The Kier molecular flexibility index (Phi) is 3.92. The number of anilines is 1. The maximum atomic E-state index is 5.72. The number of nitrogen functional groups attached to an aromatic ring is 1. The molecule has 1 aliphatic rings. The molecule has 0 aromatic heterocycles. The molecule has 2 N–H and O–H groups in total. The number of ether oxygens (including phenoxy) is 1. The standard InChI is InChI=1S/C12H17NOS/c13-11-4-1-3-10(7-11)8-15-9-12-5-2-6-14-12/h1,3-4,7,12H,2,5-6,8-9,13H2. The van der Waals surface area contributed by atoms with Crippen molar-refractivity contribution in [2.45, 2.75) is 24.7 Å². The molecule has 0 bridgehead atoms. The topological polar surface area (TPSA) is 35.2 Å². The number of hydrogen-bond donors (Lipinski definition) is 1. The fourth-order valence-corrected chi connectivity index (χ4v) is 2.83. The summed E-state index contributed by atoms with van der Waals surface area (Å²) in [5, 5.41) is 0. The maximum Gasteiger partial charge on any atom is 0.0666 e. The molecule has 1 heterocycles. The molecule has 2 nitrogen and oxygen atoms in total. The molecule has 1 unspecified atom stereocenters. The third-order valence-electron chi connectivity index (χ3n) is 2.55. The van der Waals surface area contributed by atoms with Crippen LogP contribution in [-0.2, 0) is 10.5 Å². The summed E-state index contributed by atoms with van der Waals surface area (Å²) in [5.41, 5.74) is 7.87. The van der Waals surface area contributed by atoms with Crippen molar-refractivity contribution in [1.82, 2.24) is 0 Å². The lowest BCUT2D eigenvalue weighted by molar-refractivity contribution is 0.129. The van der Waals surface area contributed by atoms with Gasteiger partial charge in [0.05, 0.1) is 6.10 Å². The minimum atomic E-state index is 0.482. The summed E-state index contributed by atoms with van der Waals surface area (Å²) in [6, 6.07) is 8.10. The minimum absolute atomic E-state index is 0.482. The van der Waals surface area contributed by atoms with Crippen LogP contribution in [0.15, 0.2) is 24.3 Å². The Morgan fingerprint density at radius 1 is 1.47 bits per heavy atom. The van der Waals surface area contributed by atoms with E-state index >= 15 is 0 Å². The smallest absolute Gasteiger partial charge is 0.0666 e. The van der Waals surface area contributed by atoms with Crippen molar-refractivity contribution >= 4 is 17.4 Å². The molecule has 1 saturated heterocycles. The van der Waals surface area contributed by atoms with Crippen molar-refractivity contribution in [3.8, 4) is 0 Å². The molecule has 1 fully saturated rings. The molecule has 0 aliphatic carbocycles. The van der Waals surface area contributed by atoms with Crippen molar-refractivity contribution in [3.63, 3.8) is 0 Å². The first-order valence-corrected chi connectivity index (χ1v) is 6.54. The Morgan fingerprint density at radius 2 is 2.40 bits per heavy atom. The van der Waals surface area contributed by atoms with Gasteiger partial charge in [-0.05, 0) is 30.5 Å². The van der Waals surface area contributed by atoms with E-state index < -0.39 is 0 Å². The van der Waals surface area contributed by atoms with E-state index in [-0.39, 0.29) is 0 Å². The molecule has 1 atom stereocenters. The Labute approximate surface area is 95.2 Å². The van der Waals surface area contributed by atoms with E-state index in [4.69, 9.17) is 10.5 Å². The summed E-state index contributed by atoms with van der Waals surface area (Å²) in [7, 11) is 0. The predicted octanol–water partition coefficient (Wildman–Crippen LogP) is 2.68. The van der Waals surface area contributed by atoms with Crippen LogP contribution in [0.5, 0.6) is 0 Å².